The molecule has 19 heteroatoms. The Morgan fingerprint density at radius 2 is 1.76 bits per heavy atom. The van der Waals surface area contributed by atoms with Crippen LogP contribution < -0.4 is 20.1 Å². The maximum absolute atomic E-state index is 13.2. The molecule has 4 N–H and O–H groups in total. The Morgan fingerprint density at radius 3 is 2.41 bits per heavy atom. The Morgan fingerprint density at radius 1 is 1.02 bits per heavy atom. The van der Waals surface area contributed by atoms with Gasteiger partial charge in [0.2, 0.25) is 5.91 Å². The van der Waals surface area contributed by atoms with E-state index in [1.807, 2.05) is 0 Å². The van der Waals surface area contributed by atoms with Gasteiger partial charge in [-0.3, -0.25) is 29.0 Å². The first-order valence-electron chi connectivity index (χ1n) is 14.7. The minimum absolute atomic E-state index is 0.00523. The molecule has 2 aliphatic rings. The van der Waals surface area contributed by atoms with Gasteiger partial charge in [-0.05, 0) is 42.4 Å². The number of thiophene rings is 1. The van der Waals surface area contributed by atoms with Gasteiger partial charge >= 0.3 is 34.1 Å². The van der Waals surface area contributed by atoms with Crippen molar-refractivity contribution in [1.29, 1.82) is 0 Å². The molecule has 0 spiro atoms. The van der Waals surface area contributed by atoms with Gasteiger partial charge in [0.15, 0.2) is 5.82 Å². The Hall–Kier alpha value is -4.10. The number of carbonyl (C=O) groups excluding carboxylic acids is 6. The van der Waals surface area contributed by atoms with E-state index in [9.17, 15) is 37.2 Å². The van der Waals surface area contributed by atoms with Crippen molar-refractivity contribution in [2.45, 2.75) is 64.5 Å². The third-order valence-corrected chi connectivity index (χ3v) is 9.82. The summed E-state index contributed by atoms with van der Waals surface area (Å²) in [5, 5.41) is 6.60. The summed E-state index contributed by atoms with van der Waals surface area (Å²) in [5.41, 5.74) is 0. The molecule has 250 valence electrons. The minimum Gasteiger partial charge on any atom is -0.341 e. The second kappa shape index (κ2) is 15.5. The van der Waals surface area contributed by atoms with Gasteiger partial charge in [-0.25, -0.2) is 19.0 Å². The lowest BCUT2D eigenvalue weighted by Crippen LogP contribution is -2.68. The number of imide groups is 2. The van der Waals surface area contributed by atoms with Crippen molar-refractivity contribution >= 4 is 74.6 Å². The van der Waals surface area contributed by atoms with E-state index in [1.165, 1.54) is 11.0 Å². The summed E-state index contributed by atoms with van der Waals surface area (Å²) in [4.78, 5) is 80.9. The van der Waals surface area contributed by atoms with Crippen LogP contribution >= 0.6 is 22.9 Å². The summed E-state index contributed by atoms with van der Waals surface area (Å²) in [6, 6.07) is 0.00979. The topological polar surface area (TPSA) is 207 Å². The van der Waals surface area contributed by atoms with E-state index < -0.39 is 58.0 Å². The number of hydrogen-bond donors (Lipinski definition) is 4. The van der Waals surface area contributed by atoms with Crippen molar-refractivity contribution in [1.82, 2.24) is 34.4 Å². The summed E-state index contributed by atoms with van der Waals surface area (Å²) in [6.07, 6.45) is 6.15. The molecule has 4 heterocycles. The number of rotatable bonds is 14. The van der Waals surface area contributed by atoms with E-state index in [-0.39, 0.29) is 25.5 Å². The number of nitrogens with zero attached hydrogens (tertiary/aromatic N) is 4. The Bertz CT molecular complexity index is 1560. The van der Waals surface area contributed by atoms with Gasteiger partial charge in [-0.2, -0.15) is 12.8 Å². The van der Waals surface area contributed by atoms with Crippen LogP contribution in [0.2, 0.25) is 0 Å². The number of urea groups is 2. The molecule has 2 atom stereocenters. The Balaban J connectivity index is 1.29. The van der Waals surface area contributed by atoms with E-state index in [4.69, 9.17) is 0 Å². The molecule has 2 aliphatic heterocycles. The lowest BCUT2D eigenvalue weighted by atomic mass is 10.1. The van der Waals surface area contributed by atoms with Crippen molar-refractivity contribution in [3.8, 4) is 0 Å². The number of aromatic nitrogens is 1. The van der Waals surface area contributed by atoms with E-state index in [1.54, 1.807) is 29.2 Å². The number of likely N-dealkylation sites (tertiary alicyclic amines) is 1. The molecule has 2 aromatic heterocycles. The van der Waals surface area contributed by atoms with Crippen LogP contribution in [-0.2, 0) is 29.4 Å². The number of unbranched alkanes of at least 4 members (excludes halogenated alkanes) is 5. The largest absolute Gasteiger partial charge is 0.341 e. The molecular weight excluding hydrogens is 661 g/mol. The van der Waals surface area contributed by atoms with Crippen LogP contribution in [0.25, 0.3) is 0 Å². The lowest BCUT2D eigenvalue weighted by molar-refractivity contribution is -0.153. The number of hydrogen-bond acceptors (Lipinski definition) is 11. The second-order valence-corrected chi connectivity index (χ2v) is 14.2. The molecule has 4 rings (SSSR count). The number of nitrogens with one attached hydrogen (secondary N) is 4. The Kier molecular flexibility index (Phi) is 11.7. The molecule has 0 radical (unpaired) electrons. The number of β-lactam (4-membered cyclic amide) rings is 1. The fourth-order valence-electron chi connectivity index (χ4n) is 4.81. The van der Waals surface area contributed by atoms with Gasteiger partial charge in [0.25, 0.3) is 5.91 Å². The van der Waals surface area contributed by atoms with Crippen molar-refractivity contribution in [2.75, 3.05) is 30.9 Å². The number of anilines is 1. The standard InChI is InChI=1S/C27H36N8O8S3/c1-3-4-5-6-7-8-11-33-12-13-34(25(39)24(33)38)26(40)29-21(19-10-9-14-44-19)22(36)28-18-16-35(23(18)37)27(41)32-46(42,43)31-20-15-17(2)45-30-20/h9-10,14-15,18,21H,3-8,11-13,16H2,1-2H3,(H,28,36)(H,29,40)(H,30,31)(H,32,41)/t18-,21?/m0/s1. The molecule has 8 amide bonds. The quantitative estimate of drug-likeness (QED) is 0.129. The van der Waals surface area contributed by atoms with Crippen LogP contribution in [0.15, 0.2) is 23.6 Å². The van der Waals surface area contributed by atoms with Crippen LogP contribution in [0.4, 0.5) is 15.4 Å². The van der Waals surface area contributed by atoms with E-state index in [0.717, 1.165) is 71.2 Å². The maximum atomic E-state index is 13.2. The molecule has 2 aromatic rings. The van der Waals surface area contributed by atoms with E-state index in [0.29, 0.717) is 16.3 Å². The van der Waals surface area contributed by atoms with Gasteiger partial charge < -0.3 is 15.5 Å². The molecular formula is C27H36N8O8S3. The molecule has 2 fully saturated rings. The van der Waals surface area contributed by atoms with Gasteiger partial charge in [-0.1, -0.05) is 45.1 Å². The molecule has 0 saturated carbocycles. The Labute approximate surface area is 274 Å². The fourth-order valence-corrected chi connectivity index (χ4v) is 6.91. The molecule has 46 heavy (non-hydrogen) atoms. The van der Waals surface area contributed by atoms with Crippen LogP contribution in [0, 0.1) is 6.92 Å². The number of piperazine rings is 1. The van der Waals surface area contributed by atoms with Crippen LogP contribution in [0.1, 0.15) is 61.2 Å². The zero-order chi connectivity index (χ0) is 33.4. The van der Waals surface area contributed by atoms with Crippen molar-refractivity contribution in [3.63, 3.8) is 0 Å². The highest BCUT2D eigenvalue weighted by atomic mass is 32.2. The first-order valence-corrected chi connectivity index (χ1v) is 17.9. The molecule has 0 aromatic carbocycles. The summed E-state index contributed by atoms with van der Waals surface area (Å²) >= 11 is 2.20. The second-order valence-electron chi connectivity index (χ2n) is 10.8. The summed E-state index contributed by atoms with van der Waals surface area (Å²) in [7, 11) is -4.39. The monoisotopic (exact) mass is 696 g/mol. The van der Waals surface area contributed by atoms with Crippen molar-refractivity contribution < 1.29 is 37.2 Å². The average Bonchev–Trinajstić information content (AvgIpc) is 3.68. The fraction of sp³-hybridized carbons (Fsp3) is 0.519. The zero-order valence-electron chi connectivity index (χ0n) is 25.3. The van der Waals surface area contributed by atoms with Crippen LogP contribution in [0.3, 0.4) is 0 Å². The highest BCUT2D eigenvalue weighted by molar-refractivity contribution is 7.91. The molecule has 0 aliphatic carbocycles. The third-order valence-electron chi connectivity index (χ3n) is 7.27. The minimum atomic E-state index is -4.39. The summed E-state index contributed by atoms with van der Waals surface area (Å²) < 4.78 is 32.2. The zero-order valence-corrected chi connectivity index (χ0v) is 27.8. The number of carbonyl (C=O) groups is 6. The van der Waals surface area contributed by atoms with Crippen molar-refractivity contribution in [3.05, 3.63) is 33.3 Å². The summed E-state index contributed by atoms with van der Waals surface area (Å²) in [6.45, 7) is 4.06. The normalized spacial score (nSPS) is 17.4. The highest BCUT2D eigenvalue weighted by Gasteiger charge is 2.44. The molecule has 1 unspecified atom stereocenters. The molecule has 2 saturated heterocycles. The summed E-state index contributed by atoms with van der Waals surface area (Å²) in [5.74, 6) is -3.45. The van der Waals surface area contributed by atoms with E-state index in [2.05, 4.69) is 26.7 Å². The first kappa shape index (κ1) is 34.8. The third kappa shape index (κ3) is 8.79. The van der Waals surface area contributed by atoms with Gasteiger partial charge in [-0.15, -0.1) is 11.3 Å². The number of aryl methyl sites for hydroxylation is 1. The van der Waals surface area contributed by atoms with Gasteiger partial charge in [0, 0.05) is 29.4 Å². The highest BCUT2D eigenvalue weighted by Crippen LogP contribution is 2.22. The predicted molar refractivity (Wildman–Crippen MR) is 169 cm³/mol. The van der Waals surface area contributed by atoms with E-state index >= 15 is 0 Å². The SMILES string of the molecule is CCCCCCCCN1CCN(C(=O)NC(C(=O)N[C@H]2CN(C(=O)NS(=O)(=O)Nc3cc(C)sn3)C2=O)c2cccs2)C(=O)C1=O. The average molecular weight is 697 g/mol. The first-order chi connectivity index (χ1) is 21.9. The van der Waals surface area contributed by atoms with Crippen molar-refractivity contribution in [2.24, 2.45) is 0 Å². The van der Waals surface area contributed by atoms with Gasteiger partial charge in [0.05, 0.1) is 6.54 Å². The van der Waals surface area contributed by atoms with Crippen LogP contribution in [-0.4, -0.2) is 95.4 Å². The molecule has 0 bridgehead atoms. The smallest absolute Gasteiger partial charge is 0.339 e. The number of amides is 8. The van der Waals surface area contributed by atoms with Crippen LogP contribution in [0.5, 0.6) is 0 Å². The predicted octanol–water partition coefficient (Wildman–Crippen LogP) is 1.69. The molecule has 16 nitrogen and oxygen atoms in total. The lowest BCUT2D eigenvalue weighted by Gasteiger charge is -2.37. The maximum Gasteiger partial charge on any atom is 0.339 e. The van der Waals surface area contributed by atoms with Gasteiger partial charge in [0.1, 0.15) is 12.1 Å².